The molecule has 0 saturated carbocycles. The van der Waals surface area contributed by atoms with Gasteiger partial charge < -0.3 is 14.7 Å². The molecular weight excluding hydrogens is 242 g/mol. The molecule has 3 rings (SSSR count). The van der Waals surface area contributed by atoms with Gasteiger partial charge in [-0.25, -0.2) is 0 Å². The standard InChI is InChI=1S/C14H15N3O2/c1-11-13-3-2-6-15(13)9-10-17(11)14(18)12-4-7-16(19)8-5-12/h2-8,11H,9-10H2,1H3/t11-/m1/s1. The number of hydrogen-bond donors (Lipinski definition) is 0. The minimum atomic E-state index is -0.0273. The first-order chi connectivity index (χ1) is 9.16. The molecule has 1 aliphatic heterocycles. The van der Waals surface area contributed by atoms with E-state index in [1.54, 1.807) is 12.1 Å². The molecule has 0 bridgehead atoms. The SMILES string of the molecule is C[C@@H]1c2cccn2CCN1C(=O)c1cc[n+]([O-])cc1. The summed E-state index contributed by atoms with van der Waals surface area (Å²) in [6.07, 6.45) is 4.74. The maximum absolute atomic E-state index is 12.5. The third-order valence-corrected chi connectivity index (χ3v) is 3.65. The van der Waals surface area contributed by atoms with Crippen molar-refractivity contribution in [2.24, 2.45) is 0 Å². The summed E-state index contributed by atoms with van der Waals surface area (Å²) in [5.41, 5.74) is 1.70. The fourth-order valence-corrected chi connectivity index (χ4v) is 2.58. The summed E-state index contributed by atoms with van der Waals surface area (Å²) in [6, 6.07) is 7.23. The van der Waals surface area contributed by atoms with Gasteiger partial charge in [-0.2, -0.15) is 4.73 Å². The Morgan fingerprint density at radius 1 is 1.32 bits per heavy atom. The van der Waals surface area contributed by atoms with Crippen molar-refractivity contribution < 1.29 is 9.52 Å². The summed E-state index contributed by atoms with van der Waals surface area (Å²) in [5.74, 6) is -0.0273. The average Bonchev–Trinajstić information content (AvgIpc) is 2.88. The molecule has 98 valence electrons. The molecule has 1 amide bonds. The summed E-state index contributed by atoms with van der Waals surface area (Å²) >= 11 is 0. The van der Waals surface area contributed by atoms with Crippen molar-refractivity contribution in [2.75, 3.05) is 6.54 Å². The van der Waals surface area contributed by atoms with Crippen molar-refractivity contribution >= 4 is 5.91 Å². The number of carbonyl (C=O) groups excluding carboxylic acids is 1. The molecular formula is C14H15N3O2. The van der Waals surface area contributed by atoms with E-state index in [2.05, 4.69) is 4.57 Å². The molecule has 5 heteroatoms. The Balaban J connectivity index is 1.87. The van der Waals surface area contributed by atoms with Gasteiger partial charge in [0.25, 0.3) is 5.91 Å². The lowest BCUT2D eigenvalue weighted by Gasteiger charge is -2.34. The monoisotopic (exact) mass is 257 g/mol. The smallest absolute Gasteiger partial charge is 0.254 e. The maximum Gasteiger partial charge on any atom is 0.254 e. The number of aromatic nitrogens is 2. The van der Waals surface area contributed by atoms with Gasteiger partial charge in [-0.05, 0) is 19.1 Å². The molecule has 1 atom stereocenters. The molecule has 5 nitrogen and oxygen atoms in total. The van der Waals surface area contributed by atoms with Crippen LogP contribution in [0.2, 0.25) is 0 Å². The van der Waals surface area contributed by atoms with Gasteiger partial charge in [-0.3, -0.25) is 4.79 Å². The van der Waals surface area contributed by atoms with Crippen LogP contribution in [0.3, 0.4) is 0 Å². The van der Waals surface area contributed by atoms with E-state index in [1.807, 2.05) is 30.2 Å². The molecule has 3 heterocycles. The van der Waals surface area contributed by atoms with E-state index < -0.39 is 0 Å². The molecule has 0 spiro atoms. The van der Waals surface area contributed by atoms with Crippen LogP contribution < -0.4 is 4.73 Å². The van der Waals surface area contributed by atoms with Crippen molar-refractivity contribution in [1.29, 1.82) is 0 Å². The van der Waals surface area contributed by atoms with Crippen LogP contribution in [0.15, 0.2) is 42.9 Å². The number of hydrogen-bond acceptors (Lipinski definition) is 2. The van der Waals surface area contributed by atoms with Gasteiger partial charge in [0.1, 0.15) is 0 Å². The Kier molecular flexibility index (Phi) is 2.74. The fourth-order valence-electron chi connectivity index (χ4n) is 2.58. The first-order valence-electron chi connectivity index (χ1n) is 6.31. The van der Waals surface area contributed by atoms with E-state index >= 15 is 0 Å². The normalized spacial score (nSPS) is 18.2. The van der Waals surface area contributed by atoms with Crippen molar-refractivity contribution in [3.8, 4) is 0 Å². The molecule has 19 heavy (non-hydrogen) atoms. The van der Waals surface area contributed by atoms with Gasteiger partial charge >= 0.3 is 0 Å². The molecule has 0 radical (unpaired) electrons. The van der Waals surface area contributed by atoms with Crippen LogP contribution in [0, 0.1) is 5.21 Å². The number of rotatable bonds is 1. The predicted octanol–water partition coefficient (Wildman–Crippen LogP) is 1.34. The lowest BCUT2D eigenvalue weighted by molar-refractivity contribution is -0.605. The quantitative estimate of drug-likeness (QED) is 0.572. The molecule has 1 aliphatic rings. The molecule has 0 saturated heterocycles. The zero-order chi connectivity index (χ0) is 13.4. The van der Waals surface area contributed by atoms with Crippen LogP contribution in [0.1, 0.15) is 29.0 Å². The van der Waals surface area contributed by atoms with Crippen molar-refractivity contribution in [3.05, 3.63) is 59.3 Å². The van der Waals surface area contributed by atoms with Crippen LogP contribution in [0.5, 0.6) is 0 Å². The van der Waals surface area contributed by atoms with E-state index in [9.17, 15) is 10.0 Å². The zero-order valence-corrected chi connectivity index (χ0v) is 10.7. The van der Waals surface area contributed by atoms with Gasteiger partial charge in [-0.1, -0.05) is 0 Å². The van der Waals surface area contributed by atoms with Crippen molar-refractivity contribution in [2.45, 2.75) is 19.5 Å². The first kappa shape index (κ1) is 11.8. The maximum atomic E-state index is 12.5. The molecule has 0 aliphatic carbocycles. The van der Waals surface area contributed by atoms with Crippen LogP contribution >= 0.6 is 0 Å². The van der Waals surface area contributed by atoms with Gasteiger partial charge in [0, 0.05) is 37.1 Å². The second-order valence-electron chi connectivity index (χ2n) is 4.75. The first-order valence-corrected chi connectivity index (χ1v) is 6.31. The number of amides is 1. The van der Waals surface area contributed by atoms with E-state index in [-0.39, 0.29) is 11.9 Å². The number of pyridine rings is 1. The highest BCUT2D eigenvalue weighted by molar-refractivity contribution is 5.94. The van der Waals surface area contributed by atoms with Crippen LogP contribution in [-0.2, 0) is 6.54 Å². The Bertz CT molecular complexity index is 603. The van der Waals surface area contributed by atoms with Crippen LogP contribution in [-0.4, -0.2) is 21.9 Å². The third-order valence-electron chi connectivity index (χ3n) is 3.65. The largest absolute Gasteiger partial charge is 0.619 e. The number of carbonyl (C=O) groups is 1. The molecule has 0 aromatic carbocycles. The van der Waals surface area contributed by atoms with Crippen LogP contribution in [0.4, 0.5) is 0 Å². The molecule has 0 fully saturated rings. The van der Waals surface area contributed by atoms with E-state index in [4.69, 9.17) is 0 Å². The van der Waals surface area contributed by atoms with E-state index in [0.29, 0.717) is 16.8 Å². The fraction of sp³-hybridized carbons (Fsp3) is 0.286. The van der Waals surface area contributed by atoms with Crippen LogP contribution in [0.25, 0.3) is 0 Å². The summed E-state index contributed by atoms with van der Waals surface area (Å²) in [5, 5.41) is 11.0. The topological polar surface area (TPSA) is 52.2 Å². The lowest BCUT2D eigenvalue weighted by atomic mass is 10.1. The van der Waals surface area contributed by atoms with Gasteiger partial charge in [-0.15, -0.1) is 0 Å². The second-order valence-corrected chi connectivity index (χ2v) is 4.75. The summed E-state index contributed by atoms with van der Waals surface area (Å²) in [4.78, 5) is 14.3. The van der Waals surface area contributed by atoms with Gasteiger partial charge in [0.05, 0.1) is 11.6 Å². The molecule has 0 N–H and O–H groups in total. The minimum absolute atomic E-state index is 0.0273. The Labute approximate surface area is 111 Å². The highest BCUT2D eigenvalue weighted by Gasteiger charge is 2.28. The second kappa shape index (κ2) is 4.42. The summed E-state index contributed by atoms with van der Waals surface area (Å²) in [6.45, 7) is 3.53. The number of fused-ring (bicyclic) bond motifs is 1. The Morgan fingerprint density at radius 2 is 2.05 bits per heavy atom. The minimum Gasteiger partial charge on any atom is -0.619 e. The molecule has 2 aromatic rings. The van der Waals surface area contributed by atoms with Gasteiger partial charge in [0.2, 0.25) is 0 Å². The number of nitrogens with zero attached hydrogens (tertiary/aromatic N) is 3. The molecule has 2 aromatic heterocycles. The summed E-state index contributed by atoms with van der Waals surface area (Å²) < 4.78 is 2.85. The predicted molar refractivity (Wildman–Crippen MR) is 69.3 cm³/mol. The lowest BCUT2D eigenvalue weighted by Crippen LogP contribution is -2.41. The average molecular weight is 257 g/mol. The zero-order valence-electron chi connectivity index (χ0n) is 10.7. The van der Waals surface area contributed by atoms with E-state index in [0.717, 1.165) is 12.2 Å². The highest BCUT2D eigenvalue weighted by Crippen LogP contribution is 2.26. The highest BCUT2D eigenvalue weighted by atomic mass is 16.5. The van der Waals surface area contributed by atoms with E-state index in [1.165, 1.54) is 12.4 Å². The van der Waals surface area contributed by atoms with Crippen molar-refractivity contribution in [3.63, 3.8) is 0 Å². The Hall–Kier alpha value is -2.30. The summed E-state index contributed by atoms with van der Waals surface area (Å²) in [7, 11) is 0. The van der Waals surface area contributed by atoms with Gasteiger partial charge in [0.15, 0.2) is 12.4 Å². The Morgan fingerprint density at radius 3 is 2.79 bits per heavy atom. The molecule has 0 unspecified atom stereocenters. The third kappa shape index (κ3) is 1.97. The van der Waals surface area contributed by atoms with Crippen molar-refractivity contribution in [1.82, 2.24) is 9.47 Å².